The van der Waals surface area contributed by atoms with Gasteiger partial charge in [0.25, 0.3) is 0 Å². The highest BCUT2D eigenvalue weighted by Gasteiger charge is 2.27. The molecule has 0 radical (unpaired) electrons. The van der Waals surface area contributed by atoms with E-state index in [0.717, 1.165) is 61.9 Å². The summed E-state index contributed by atoms with van der Waals surface area (Å²) in [5, 5.41) is 3.17. The van der Waals surface area contributed by atoms with Crippen LogP contribution in [0.1, 0.15) is 55.4 Å². The third-order valence-electron chi connectivity index (χ3n) is 7.68. The zero-order valence-electron chi connectivity index (χ0n) is 22.1. The van der Waals surface area contributed by atoms with Crippen molar-refractivity contribution in [3.05, 3.63) is 59.2 Å². The minimum atomic E-state index is -0.0581. The summed E-state index contributed by atoms with van der Waals surface area (Å²) in [6.07, 6.45) is 5.28. The Balaban J connectivity index is 1.50. The molecule has 1 amide bonds. The van der Waals surface area contributed by atoms with Crippen molar-refractivity contribution in [1.82, 2.24) is 29.5 Å². The molecule has 0 spiro atoms. The monoisotopic (exact) mass is 489 g/mol. The molecular weight excluding hydrogens is 450 g/mol. The molecule has 0 aromatic carbocycles. The van der Waals surface area contributed by atoms with E-state index in [2.05, 4.69) is 62.8 Å². The lowest BCUT2D eigenvalue weighted by Gasteiger charge is -2.34. The molecule has 0 saturated carbocycles. The van der Waals surface area contributed by atoms with Crippen molar-refractivity contribution in [2.75, 3.05) is 45.2 Å². The number of imidazole rings is 1. The Morgan fingerprint density at radius 3 is 2.75 bits per heavy atom. The van der Waals surface area contributed by atoms with Crippen LogP contribution < -0.4 is 10.2 Å². The summed E-state index contributed by atoms with van der Waals surface area (Å²) in [4.78, 5) is 29.6. The molecule has 1 N–H and O–H groups in total. The molecule has 1 atom stereocenters. The normalized spacial score (nSPS) is 18.7. The molecule has 5 rings (SSSR count). The Kier molecular flexibility index (Phi) is 7.25. The molecular formula is C28H39N7O. The van der Waals surface area contributed by atoms with Gasteiger partial charge in [0.1, 0.15) is 11.5 Å². The molecule has 1 saturated heterocycles. The van der Waals surface area contributed by atoms with Crippen LogP contribution in [0.15, 0.2) is 36.5 Å². The number of hydrogen-bond donors (Lipinski definition) is 1. The number of pyridine rings is 2. The van der Waals surface area contributed by atoms with Crippen LogP contribution in [0.3, 0.4) is 0 Å². The molecule has 1 aliphatic heterocycles. The molecule has 0 unspecified atom stereocenters. The third-order valence-corrected chi connectivity index (χ3v) is 7.68. The predicted octanol–water partition coefficient (Wildman–Crippen LogP) is 3.26. The van der Waals surface area contributed by atoms with Crippen LogP contribution >= 0.6 is 0 Å². The molecule has 2 aliphatic rings. The van der Waals surface area contributed by atoms with E-state index in [9.17, 15) is 4.79 Å². The number of anilines is 1. The number of carbonyl (C=O) groups is 1. The second kappa shape index (κ2) is 10.6. The number of rotatable bonds is 7. The first kappa shape index (κ1) is 24.7. The second-order valence-electron chi connectivity index (χ2n) is 10.6. The van der Waals surface area contributed by atoms with Gasteiger partial charge in [0.05, 0.1) is 29.7 Å². The number of amides is 1. The van der Waals surface area contributed by atoms with Crippen LogP contribution in [0.25, 0.3) is 5.65 Å². The number of piperazine rings is 1. The van der Waals surface area contributed by atoms with Crippen molar-refractivity contribution in [1.29, 1.82) is 0 Å². The van der Waals surface area contributed by atoms with Crippen LogP contribution in [-0.4, -0.2) is 70.4 Å². The van der Waals surface area contributed by atoms with Gasteiger partial charge >= 0.3 is 0 Å². The zero-order valence-corrected chi connectivity index (χ0v) is 22.1. The number of aryl methyl sites for hydroxylation is 1. The van der Waals surface area contributed by atoms with Gasteiger partial charge in [-0.25, -0.2) is 4.98 Å². The van der Waals surface area contributed by atoms with Crippen LogP contribution in [-0.2, 0) is 24.3 Å². The fourth-order valence-electron chi connectivity index (χ4n) is 5.51. The molecule has 192 valence electrons. The van der Waals surface area contributed by atoms with Crippen molar-refractivity contribution < 1.29 is 4.79 Å². The van der Waals surface area contributed by atoms with Crippen molar-refractivity contribution in [3.63, 3.8) is 0 Å². The summed E-state index contributed by atoms with van der Waals surface area (Å²) in [5.74, 6) is 1.16. The highest BCUT2D eigenvalue weighted by Crippen LogP contribution is 2.33. The summed E-state index contributed by atoms with van der Waals surface area (Å²) < 4.78 is 2.27. The third kappa shape index (κ3) is 4.97. The summed E-state index contributed by atoms with van der Waals surface area (Å²) in [7, 11) is 4.35. The highest BCUT2D eigenvalue weighted by molar-refractivity contribution is 5.77. The van der Waals surface area contributed by atoms with Gasteiger partial charge in [-0.2, -0.15) is 0 Å². The van der Waals surface area contributed by atoms with Gasteiger partial charge in [0.15, 0.2) is 0 Å². The topological polar surface area (TPSA) is 69.0 Å². The Hall–Kier alpha value is -2.97. The fraction of sp³-hybridized carbons (Fsp3) is 0.536. The summed E-state index contributed by atoms with van der Waals surface area (Å²) in [6, 6.07) is 10.9. The lowest BCUT2D eigenvalue weighted by atomic mass is 9.91. The number of nitrogens with one attached hydrogen (secondary N) is 1. The standard InChI is InChI=1S/C28H39N7O/c1-20(2)28(36)30-18-24-22(19-33(4)23-10-5-8-21-9-7-13-29-27(21)23)31-25-11-6-12-26(35(24)25)34-16-14-32(3)15-17-34/h6-7,9,11-13,20,23H,5,8,10,14-19H2,1-4H3,(H,30,36)/t23-/m0/s1. The summed E-state index contributed by atoms with van der Waals surface area (Å²) in [5.41, 5.74) is 5.58. The van der Waals surface area contributed by atoms with E-state index < -0.39 is 0 Å². The first-order chi connectivity index (χ1) is 17.4. The maximum atomic E-state index is 12.5. The molecule has 3 aromatic rings. The van der Waals surface area contributed by atoms with Gasteiger partial charge in [0.2, 0.25) is 5.91 Å². The Labute approximate surface area is 214 Å². The van der Waals surface area contributed by atoms with Crippen LogP contribution in [0.5, 0.6) is 0 Å². The number of aromatic nitrogens is 3. The molecule has 1 fully saturated rings. The van der Waals surface area contributed by atoms with Gasteiger partial charge < -0.3 is 15.1 Å². The van der Waals surface area contributed by atoms with E-state index in [0.29, 0.717) is 13.1 Å². The first-order valence-corrected chi connectivity index (χ1v) is 13.3. The van der Waals surface area contributed by atoms with Gasteiger partial charge in [-0.05, 0) is 57.1 Å². The van der Waals surface area contributed by atoms with Gasteiger partial charge in [-0.3, -0.25) is 19.1 Å². The Bertz CT molecular complexity index is 1210. The summed E-state index contributed by atoms with van der Waals surface area (Å²) in [6.45, 7) is 9.06. The number of carbonyl (C=O) groups excluding carboxylic acids is 1. The van der Waals surface area contributed by atoms with Crippen LogP contribution in [0.4, 0.5) is 5.82 Å². The number of likely N-dealkylation sites (N-methyl/N-ethyl adjacent to an activating group) is 1. The number of fused-ring (bicyclic) bond motifs is 2. The van der Waals surface area contributed by atoms with Crippen LogP contribution in [0, 0.1) is 5.92 Å². The molecule has 0 bridgehead atoms. The lowest BCUT2D eigenvalue weighted by Crippen LogP contribution is -2.45. The SMILES string of the molecule is CC(C)C(=O)NCc1c(CN(C)[C@H]2CCCc3cccnc32)nc2cccc(N3CCN(C)CC3)n12. The van der Waals surface area contributed by atoms with Crippen molar-refractivity contribution in [2.45, 2.75) is 52.2 Å². The predicted molar refractivity (Wildman–Crippen MR) is 143 cm³/mol. The van der Waals surface area contributed by atoms with Gasteiger partial charge in [-0.1, -0.05) is 26.0 Å². The average molecular weight is 490 g/mol. The zero-order chi connectivity index (χ0) is 25.2. The average Bonchev–Trinajstić information content (AvgIpc) is 3.24. The second-order valence-corrected chi connectivity index (χ2v) is 10.6. The van der Waals surface area contributed by atoms with Crippen molar-refractivity contribution in [3.8, 4) is 0 Å². The maximum Gasteiger partial charge on any atom is 0.222 e. The highest BCUT2D eigenvalue weighted by atomic mass is 16.1. The minimum Gasteiger partial charge on any atom is -0.355 e. The van der Waals surface area contributed by atoms with E-state index in [-0.39, 0.29) is 17.9 Å². The molecule has 3 aromatic heterocycles. The van der Waals surface area contributed by atoms with E-state index in [1.165, 1.54) is 17.7 Å². The lowest BCUT2D eigenvalue weighted by molar-refractivity contribution is -0.124. The van der Waals surface area contributed by atoms with Crippen molar-refractivity contribution >= 4 is 17.4 Å². The van der Waals surface area contributed by atoms with E-state index in [1.54, 1.807) is 0 Å². The first-order valence-electron chi connectivity index (χ1n) is 13.3. The summed E-state index contributed by atoms with van der Waals surface area (Å²) >= 11 is 0. The molecule has 8 nitrogen and oxygen atoms in total. The fourth-order valence-corrected chi connectivity index (χ4v) is 5.51. The largest absolute Gasteiger partial charge is 0.355 e. The van der Waals surface area contributed by atoms with E-state index in [1.807, 2.05) is 26.1 Å². The Morgan fingerprint density at radius 2 is 1.97 bits per heavy atom. The molecule has 1 aliphatic carbocycles. The minimum absolute atomic E-state index is 0.0581. The smallest absolute Gasteiger partial charge is 0.222 e. The number of nitrogens with zero attached hydrogens (tertiary/aromatic N) is 6. The van der Waals surface area contributed by atoms with Gasteiger partial charge in [0, 0.05) is 44.8 Å². The van der Waals surface area contributed by atoms with Crippen LogP contribution in [0.2, 0.25) is 0 Å². The van der Waals surface area contributed by atoms with E-state index >= 15 is 0 Å². The van der Waals surface area contributed by atoms with Crippen molar-refractivity contribution in [2.24, 2.45) is 5.92 Å². The maximum absolute atomic E-state index is 12.5. The van der Waals surface area contributed by atoms with E-state index in [4.69, 9.17) is 9.97 Å². The number of hydrogen-bond acceptors (Lipinski definition) is 6. The quantitative estimate of drug-likeness (QED) is 0.550. The molecule has 4 heterocycles. The molecule has 36 heavy (non-hydrogen) atoms. The van der Waals surface area contributed by atoms with Gasteiger partial charge in [-0.15, -0.1) is 0 Å². The Morgan fingerprint density at radius 1 is 1.17 bits per heavy atom. The molecule has 8 heteroatoms.